The highest BCUT2D eigenvalue weighted by atomic mass is 79.9. The van der Waals surface area contributed by atoms with E-state index in [0.29, 0.717) is 10.9 Å². The second-order valence-corrected chi connectivity index (χ2v) is 6.26. The molecule has 122 valence electrons. The molecule has 8 heteroatoms. The Labute approximate surface area is 158 Å². The number of fused-ring (bicyclic) bond motifs is 1. The lowest BCUT2D eigenvalue weighted by atomic mass is 10.3. The molecule has 0 unspecified atom stereocenters. The monoisotopic (exact) mass is 421 g/mol. The van der Waals surface area contributed by atoms with Gasteiger partial charge in [-0.2, -0.15) is 4.40 Å². The minimum atomic E-state index is 0. The average molecular weight is 423 g/mol. The van der Waals surface area contributed by atoms with Gasteiger partial charge in [0.1, 0.15) is 6.33 Å². The smallest absolute Gasteiger partial charge is 0.285 e. The zero-order valence-electron chi connectivity index (χ0n) is 12.4. The Kier molecular flexibility index (Phi) is 5.23. The normalized spacial score (nSPS) is 10.7. The molecule has 0 fully saturated rings. The highest BCUT2D eigenvalue weighted by Gasteiger charge is 2.18. The summed E-state index contributed by atoms with van der Waals surface area (Å²) >= 11 is 8.02. The van der Waals surface area contributed by atoms with Gasteiger partial charge in [-0.05, 0) is 29.8 Å². The maximum atomic E-state index is 6.43. The molecule has 0 bridgehead atoms. The number of hydrogen-bond acceptors (Lipinski definition) is 3. The van der Waals surface area contributed by atoms with Crippen molar-refractivity contribution in [3.8, 4) is 5.69 Å². The number of pyridine rings is 1. The lowest BCUT2D eigenvalue weighted by Gasteiger charge is -2.04. The van der Waals surface area contributed by atoms with E-state index >= 15 is 0 Å². The number of halogens is 2. The largest absolute Gasteiger partial charge is 1.00 e. The number of rotatable bonds is 4. The molecule has 0 spiro atoms. The highest BCUT2D eigenvalue weighted by molar-refractivity contribution is 7.98. The van der Waals surface area contributed by atoms with E-state index in [1.807, 2.05) is 63.7 Å². The molecule has 0 amide bonds. The first-order chi connectivity index (χ1) is 11.3. The predicted molar refractivity (Wildman–Crippen MR) is 89.9 cm³/mol. The Morgan fingerprint density at radius 2 is 1.92 bits per heavy atom. The maximum absolute atomic E-state index is 6.43. The van der Waals surface area contributed by atoms with E-state index in [2.05, 4.69) is 15.2 Å². The maximum Gasteiger partial charge on any atom is 0.285 e. The van der Waals surface area contributed by atoms with E-state index < -0.39 is 0 Å². The molecule has 24 heavy (non-hydrogen) atoms. The molecule has 5 nitrogen and oxygen atoms in total. The van der Waals surface area contributed by atoms with Gasteiger partial charge in [0.15, 0.2) is 10.9 Å². The van der Waals surface area contributed by atoms with Crippen molar-refractivity contribution >= 4 is 29.0 Å². The molecule has 0 saturated carbocycles. The van der Waals surface area contributed by atoms with E-state index in [-0.39, 0.29) is 17.0 Å². The van der Waals surface area contributed by atoms with Crippen molar-refractivity contribution in [1.82, 2.24) is 19.7 Å². The topological polar surface area (TPSA) is 50.6 Å². The lowest BCUT2D eigenvalue weighted by Crippen LogP contribution is -3.00. The van der Waals surface area contributed by atoms with E-state index in [0.717, 1.165) is 22.2 Å². The molecule has 0 aliphatic rings. The third kappa shape index (κ3) is 3.19. The molecule has 0 saturated heterocycles. The van der Waals surface area contributed by atoms with Gasteiger partial charge in [-0.25, -0.2) is 4.98 Å². The van der Waals surface area contributed by atoms with Crippen molar-refractivity contribution in [1.29, 1.82) is 0 Å². The standard InChI is InChI=1S/C16H12ClN5S.BrH/c17-15-13(19-14-8-4-5-9-21(14)15)10-23-16-20-18-11-22(16)12-6-2-1-3-7-12;/h1-9,11H,10H2;1H. The van der Waals surface area contributed by atoms with Crippen molar-refractivity contribution in [3.63, 3.8) is 0 Å². The Morgan fingerprint density at radius 3 is 2.71 bits per heavy atom. The summed E-state index contributed by atoms with van der Waals surface area (Å²) in [4.78, 5) is 3.34. The second kappa shape index (κ2) is 7.38. The molecule has 3 aromatic heterocycles. The van der Waals surface area contributed by atoms with Crippen LogP contribution in [-0.4, -0.2) is 19.7 Å². The summed E-state index contributed by atoms with van der Waals surface area (Å²) in [6.07, 6.45) is 3.66. The van der Waals surface area contributed by atoms with Crippen LogP contribution in [0.1, 0.15) is 5.69 Å². The number of benzene rings is 1. The third-order valence-corrected chi connectivity index (χ3v) is 4.88. The fourth-order valence-corrected chi connectivity index (χ4v) is 3.61. The summed E-state index contributed by atoms with van der Waals surface area (Å²) < 4.78 is 3.90. The van der Waals surface area contributed by atoms with E-state index in [1.54, 1.807) is 18.1 Å². The first-order valence-electron chi connectivity index (χ1n) is 7.08. The predicted octanol–water partition coefficient (Wildman–Crippen LogP) is 0.284. The van der Waals surface area contributed by atoms with Gasteiger partial charge in [0, 0.05) is 11.8 Å². The molecule has 1 aromatic carbocycles. The van der Waals surface area contributed by atoms with Crippen molar-refractivity contribution in [2.75, 3.05) is 0 Å². The molecule has 3 heterocycles. The average Bonchev–Trinajstić information content (AvgIpc) is 3.19. The Hall–Kier alpha value is -1.83. The van der Waals surface area contributed by atoms with Gasteiger partial charge in [-0.15, -0.1) is 10.2 Å². The van der Waals surface area contributed by atoms with Gasteiger partial charge < -0.3 is 17.0 Å². The van der Waals surface area contributed by atoms with Gasteiger partial charge in [0.05, 0.1) is 11.9 Å². The molecular weight excluding hydrogens is 410 g/mol. The number of aromatic nitrogens is 5. The van der Waals surface area contributed by atoms with E-state index in [4.69, 9.17) is 11.6 Å². The zero-order valence-corrected chi connectivity index (χ0v) is 15.6. The van der Waals surface area contributed by atoms with Crippen LogP contribution in [0.5, 0.6) is 0 Å². The fourth-order valence-electron chi connectivity index (χ4n) is 2.39. The van der Waals surface area contributed by atoms with Gasteiger partial charge >= 0.3 is 0 Å². The van der Waals surface area contributed by atoms with Crippen molar-refractivity contribution in [2.45, 2.75) is 10.9 Å². The van der Waals surface area contributed by atoms with Crippen LogP contribution in [0, 0.1) is 0 Å². The Balaban J connectivity index is 0.00000169. The van der Waals surface area contributed by atoms with Crippen LogP contribution in [-0.2, 0) is 5.75 Å². The van der Waals surface area contributed by atoms with Gasteiger partial charge in [-0.3, -0.25) is 4.57 Å². The van der Waals surface area contributed by atoms with Crippen LogP contribution < -0.4 is 21.4 Å². The summed E-state index contributed by atoms with van der Waals surface area (Å²) in [6, 6.07) is 16.0. The van der Waals surface area contributed by atoms with Gasteiger partial charge in [-0.1, -0.05) is 36.0 Å². The summed E-state index contributed by atoms with van der Waals surface area (Å²) in [5.74, 6) is 0.687. The van der Waals surface area contributed by atoms with Crippen LogP contribution in [0.3, 0.4) is 0 Å². The number of para-hydroxylation sites is 1. The number of nitrogens with zero attached hydrogens (tertiary/aromatic N) is 4. The van der Waals surface area contributed by atoms with E-state index in [9.17, 15) is 0 Å². The van der Waals surface area contributed by atoms with Crippen LogP contribution in [0.4, 0.5) is 0 Å². The van der Waals surface area contributed by atoms with Crippen LogP contribution >= 0.6 is 23.4 Å². The molecule has 0 atom stereocenters. The number of imidazole rings is 1. The van der Waals surface area contributed by atoms with Crippen molar-refractivity contribution < 1.29 is 21.4 Å². The first-order valence-corrected chi connectivity index (χ1v) is 8.44. The summed E-state index contributed by atoms with van der Waals surface area (Å²) in [5, 5.41) is 9.75. The number of nitrogens with one attached hydrogen (secondary N) is 1. The Morgan fingerprint density at radius 1 is 1.12 bits per heavy atom. The second-order valence-electron chi connectivity index (χ2n) is 4.96. The minimum Gasteiger partial charge on any atom is -1.00 e. The SMILES string of the molecule is Clc1c(CSc2nncn2-c2ccccc2)[nH]c2cccc[n+]12.[Br-]. The van der Waals surface area contributed by atoms with Crippen LogP contribution in [0.15, 0.2) is 66.2 Å². The quantitative estimate of drug-likeness (QED) is 0.380. The molecule has 4 aromatic rings. The molecule has 0 radical (unpaired) electrons. The summed E-state index contributed by atoms with van der Waals surface area (Å²) in [5.41, 5.74) is 2.97. The van der Waals surface area contributed by atoms with Crippen molar-refractivity contribution in [2.24, 2.45) is 0 Å². The molecule has 0 aliphatic carbocycles. The van der Waals surface area contributed by atoms with Crippen LogP contribution in [0.2, 0.25) is 5.15 Å². The third-order valence-electron chi connectivity index (χ3n) is 3.50. The molecule has 0 aliphatic heterocycles. The summed E-state index contributed by atoms with van der Waals surface area (Å²) in [7, 11) is 0. The van der Waals surface area contributed by atoms with Crippen molar-refractivity contribution in [3.05, 3.63) is 71.9 Å². The number of thioether (sulfide) groups is 1. The van der Waals surface area contributed by atoms with Gasteiger partial charge in [0.25, 0.3) is 5.65 Å². The Bertz CT molecular complexity index is 953. The highest BCUT2D eigenvalue weighted by Crippen LogP contribution is 2.25. The minimum absolute atomic E-state index is 0. The van der Waals surface area contributed by atoms with Gasteiger partial charge in [0.2, 0.25) is 5.15 Å². The number of H-pyrrole nitrogens is 1. The summed E-state index contributed by atoms with van der Waals surface area (Å²) in [6.45, 7) is 0. The lowest BCUT2D eigenvalue weighted by molar-refractivity contribution is -0.507. The molecule has 1 N–H and O–H groups in total. The number of hydrogen-bond donors (Lipinski definition) is 1. The molecule has 4 rings (SSSR count). The van der Waals surface area contributed by atoms with Crippen LogP contribution in [0.25, 0.3) is 11.3 Å². The number of aromatic amines is 1. The molecular formula is C16H13BrClN5S. The fraction of sp³-hybridized carbons (Fsp3) is 0.0625. The first kappa shape index (κ1) is 17.0. The van der Waals surface area contributed by atoms with E-state index in [1.165, 1.54) is 0 Å². The zero-order chi connectivity index (χ0) is 15.6.